The van der Waals surface area contributed by atoms with Gasteiger partial charge >= 0.3 is 6.09 Å². The molecule has 0 aliphatic heterocycles. The second-order valence-corrected chi connectivity index (χ2v) is 3.01. The highest BCUT2D eigenvalue weighted by Gasteiger charge is 2.13. The first-order valence-electron chi connectivity index (χ1n) is 4.07. The van der Waals surface area contributed by atoms with Crippen molar-refractivity contribution in [1.29, 1.82) is 0 Å². The summed E-state index contributed by atoms with van der Waals surface area (Å²) >= 11 is 0. The maximum Gasteiger partial charge on any atom is 0.407 e. The first-order chi connectivity index (χ1) is 5.61. The Morgan fingerprint density at radius 2 is 2.25 bits per heavy atom. The SMILES string of the molecule is C=CCC(NC(=O)OC)C(C)C. The second kappa shape index (κ2) is 5.63. The molecule has 0 aliphatic rings. The summed E-state index contributed by atoms with van der Waals surface area (Å²) in [6, 6.07) is 0.120. The molecule has 0 aromatic carbocycles. The van der Waals surface area contributed by atoms with Crippen LogP contribution in [0.3, 0.4) is 0 Å². The largest absolute Gasteiger partial charge is 0.453 e. The number of methoxy groups -OCH3 is 1. The molecule has 1 N–H and O–H groups in total. The molecule has 0 aliphatic carbocycles. The minimum absolute atomic E-state index is 0.120. The van der Waals surface area contributed by atoms with Crippen LogP contribution in [0.1, 0.15) is 20.3 Å². The molecule has 0 rings (SSSR count). The highest BCUT2D eigenvalue weighted by molar-refractivity contribution is 5.67. The quantitative estimate of drug-likeness (QED) is 0.656. The van der Waals surface area contributed by atoms with Crippen LogP contribution < -0.4 is 5.32 Å². The summed E-state index contributed by atoms with van der Waals surface area (Å²) in [6.07, 6.45) is 2.18. The summed E-state index contributed by atoms with van der Waals surface area (Å²) in [5.41, 5.74) is 0. The molecule has 3 nitrogen and oxygen atoms in total. The van der Waals surface area contributed by atoms with Crippen molar-refractivity contribution in [2.75, 3.05) is 7.11 Å². The van der Waals surface area contributed by atoms with Crippen LogP contribution in [0.4, 0.5) is 4.79 Å². The number of alkyl carbamates (subject to hydrolysis) is 1. The highest BCUT2D eigenvalue weighted by Crippen LogP contribution is 2.06. The van der Waals surface area contributed by atoms with Crippen molar-refractivity contribution in [3.63, 3.8) is 0 Å². The number of rotatable bonds is 4. The van der Waals surface area contributed by atoms with E-state index in [1.807, 2.05) is 13.8 Å². The van der Waals surface area contributed by atoms with Gasteiger partial charge in [-0.2, -0.15) is 0 Å². The fourth-order valence-corrected chi connectivity index (χ4v) is 0.888. The molecule has 1 unspecified atom stereocenters. The molecule has 0 fully saturated rings. The first-order valence-corrected chi connectivity index (χ1v) is 4.07. The lowest BCUT2D eigenvalue weighted by Gasteiger charge is -2.19. The Hall–Kier alpha value is -0.990. The Balaban J connectivity index is 3.94. The van der Waals surface area contributed by atoms with Crippen LogP contribution >= 0.6 is 0 Å². The maximum absolute atomic E-state index is 10.8. The third-order valence-electron chi connectivity index (χ3n) is 1.71. The molecule has 70 valence electrons. The zero-order chi connectivity index (χ0) is 9.56. The van der Waals surface area contributed by atoms with Gasteiger partial charge in [0.05, 0.1) is 7.11 Å². The van der Waals surface area contributed by atoms with Crippen LogP contribution in [-0.4, -0.2) is 19.2 Å². The van der Waals surface area contributed by atoms with Gasteiger partial charge in [0.15, 0.2) is 0 Å². The summed E-state index contributed by atoms with van der Waals surface area (Å²) in [4.78, 5) is 10.8. The average molecular weight is 171 g/mol. The van der Waals surface area contributed by atoms with Crippen molar-refractivity contribution < 1.29 is 9.53 Å². The first kappa shape index (κ1) is 11.0. The lowest BCUT2D eigenvalue weighted by atomic mass is 10.0. The minimum Gasteiger partial charge on any atom is -0.453 e. The van der Waals surface area contributed by atoms with E-state index in [1.165, 1.54) is 7.11 Å². The predicted molar refractivity (Wildman–Crippen MR) is 49.0 cm³/mol. The van der Waals surface area contributed by atoms with E-state index in [0.29, 0.717) is 5.92 Å². The number of hydrogen-bond donors (Lipinski definition) is 1. The van der Waals surface area contributed by atoms with Gasteiger partial charge in [0.1, 0.15) is 0 Å². The van der Waals surface area contributed by atoms with Gasteiger partial charge in [0, 0.05) is 6.04 Å². The van der Waals surface area contributed by atoms with Crippen LogP contribution in [0.5, 0.6) is 0 Å². The van der Waals surface area contributed by atoms with Crippen molar-refractivity contribution >= 4 is 6.09 Å². The van der Waals surface area contributed by atoms with E-state index in [2.05, 4.69) is 16.6 Å². The average Bonchev–Trinajstić information content (AvgIpc) is 2.03. The molecular formula is C9H17NO2. The lowest BCUT2D eigenvalue weighted by Crippen LogP contribution is -2.37. The number of carbonyl (C=O) groups is 1. The molecule has 1 atom stereocenters. The van der Waals surface area contributed by atoms with E-state index >= 15 is 0 Å². The lowest BCUT2D eigenvalue weighted by molar-refractivity contribution is 0.163. The fourth-order valence-electron chi connectivity index (χ4n) is 0.888. The van der Waals surface area contributed by atoms with Crippen molar-refractivity contribution in [2.45, 2.75) is 26.3 Å². The summed E-state index contributed by atoms with van der Waals surface area (Å²) in [7, 11) is 1.36. The number of hydrogen-bond acceptors (Lipinski definition) is 2. The van der Waals surface area contributed by atoms with Gasteiger partial charge in [0.25, 0.3) is 0 Å². The molecule has 0 heterocycles. The summed E-state index contributed by atoms with van der Waals surface area (Å²) in [6.45, 7) is 7.72. The van der Waals surface area contributed by atoms with Gasteiger partial charge in [-0.15, -0.1) is 6.58 Å². The third-order valence-corrected chi connectivity index (χ3v) is 1.71. The van der Waals surface area contributed by atoms with Crippen molar-refractivity contribution in [2.24, 2.45) is 5.92 Å². The van der Waals surface area contributed by atoms with Gasteiger partial charge < -0.3 is 10.1 Å². The monoisotopic (exact) mass is 171 g/mol. The normalized spacial score (nSPS) is 12.3. The van der Waals surface area contributed by atoms with Gasteiger partial charge in [-0.05, 0) is 12.3 Å². The van der Waals surface area contributed by atoms with Crippen LogP contribution in [0.15, 0.2) is 12.7 Å². The molecule has 0 bridgehead atoms. The summed E-state index contributed by atoms with van der Waals surface area (Å²) in [5.74, 6) is 0.391. The minimum atomic E-state index is -0.379. The summed E-state index contributed by atoms with van der Waals surface area (Å²) in [5, 5.41) is 2.73. The van der Waals surface area contributed by atoms with E-state index in [-0.39, 0.29) is 12.1 Å². The van der Waals surface area contributed by atoms with E-state index in [1.54, 1.807) is 6.08 Å². The van der Waals surface area contributed by atoms with Crippen LogP contribution in [0.2, 0.25) is 0 Å². The predicted octanol–water partition coefficient (Wildman–Crippen LogP) is 1.94. The van der Waals surface area contributed by atoms with Gasteiger partial charge in [-0.1, -0.05) is 19.9 Å². The molecule has 3 heteroatoms. The van der Waals surface area contributed by atoms with E-state index in [4.69, 9.17) is 0 Å². The Morgan fingerprint density at radius 1 is 1.67 bits per heavy atom. The highest BCUT2D eigenvalue weighted by atomic mass is 16.5. The molecule has 12 heavy (non-hydrogen) atoms. The molecule has 0 saturated carbocycles. The maximum atomic E-state index is 10.8. The Morgan fingerprint density at radius 3 is 2.58 bits per heavy atom. The van der Waals surface area contributed by atoms with E-state index in [0.717, 1.165) is 6.42 Å². The van der Waals surface area contributed by atoms with E-state index < -0.39 is 0 Å². The smallest absolute Gasteiger partial charge is 0.407 e. The molecule has 0 radical (unpaired) electrons. The van der Waals surface area contributed by atoms with Crippen molar-refractivity contribution in [3.8, 4) is 0 Å². The Kier molecular flexibility index (Phi) is 5.17. The van der Waals surface area contributed by atoms with Crippen LogP contribution in [0.25, 0.3) is 0 Å². The Labute approximate surface area is 73.8 Å². The number of ether oxygens (including phenoxy) is 1. The van der Waals surface area contributed by atoms with Crippen LogP contribution in [0, 0.1) is 5.92 Å². The molecule has 0 spiro atoms. The van der Waals surface area contributed by atoms with Crippen LogP contribution in [-0.2, 0) is 4.74 Å². The molecule has 0 aromatic heterocycles. The molecule has 0 aromatic rings. The number of nitrogens with one attached hydrogen (secondary N) is 1. The zero-order valence-electron chi connectivity index (χ0n) is 7.96. The molecule has 1 amide bonds. The van der Waals surface area contributed by atoms with Gasteiger partial charge in [-0.25, -0.2) is 4.79 Å². The summed E-state index contributed by atoms with van der Waals surface area (Å²) < 4.78 is 4.49. The zero-order valence-corrected chi connectivity index (χ0v) is 7.96. The van der Waals surface area contributed by atoms with Crippen molar-refractivity contribution in [1.82, 2.24) is 5.32 Å². The third kappa shape index (κ3) is 4.01. The molecule has 0 saturated heterocycles. The van der Waals surface area contributed by atoms with E-state index in [9.17, 15) is 4.79 Å². The standard InChI is InChI=1S/C9H17NO2/c1-5-6-8(7(2)3)10-9(11)12-4/h5,7-8H,1,6H2,2-4H3,(H,10,11). The number of amides is 1. The fraction of sp³-hybridized carbons (Fsp3) is 0.667. The molecular weight excluding hydrogens is 154 g/mol. The topological polar surface area (TPSA) is 38.3 Å². The second-order valence-electron chi connectivity index (χ2n) is 3.01. The van der Waals surface area contributed by atoms with Gasteiger partial charge in [0.2, 0.25) is 0 Å². The van der Waals surface area contributed by atoms with Crippen molar-refractivity contribution in [3.05, 3.63) is 12.7 Å². The van der Waals surface area contributed by atoms with Gasteiger partial charge in [-0.3, -0.25) is 0 Å². The Bertz CT molecular complexity index is 155. The number of carbonyl (C=O) groups excluding carboxylic acids is 1.